The highest BCUT2D eigenvalue weighted by Crippen LogP contribution is 2.27. The Morgan fingerprint density at radius 1 is 0.900 bits per heavy atom. The number of benzene rings is 3. The van der Waals surface area contributed by atoms with Crippen LogP contribution in [0.4, 0.5) is 10.1 Å². The summed E-state index contributed by atoms with van der Waals surface area (Å²) in [5.74, 6) is -0.200. The molecule has 1 N–H and O–H groups in total. The second-order valence-electron chi connectivity index (χ2n) is 4.95. The van der Waals surface area contributed by atoms with E-state index in [0.717, 1.165) is 11.3 Å². The molecule has 0 amide bonds. The fourth-order valence-electron chi connectivity index (χ4n) is 2.44. The van der Waals surface area contributed by atoms with E-state index in [9.17, 15) is 4.39 Å². The lowest BCUT2D eigenvalue weighted by molar-refractivity contribution is 0.623. The van der Waals surface area contributed by atoms with Crippen LogP contribution in [0, 0.1) is 5.82 Å². The third-order valence-electron chi connectivity index (χ3n) is 3.51. The van der Waals surface area contributed by atoms with Gasteiger partial charge >= 0.3 is 0 Å². The molecule has 3 rings (SSSR count). The fourth-order valence-corrected chi connectivity index (χ4v) is 2.44. The number of hydrogen-bond donors (Lipinski definition) is 1. The predicted octanol–water partition coefficient (Wildman–Crippen LogP) is 5.15. The van der Waals surface area contributed by atoms with Crippen molar-refractivity contribution >= 4 is 16.5 Å². The van der Waals surface area contributed by atoms with Gasteiger partial charge in [0.1, 0.15) is 5.82 Å². The molecule has 1 nitrogen and oxygen atoms in total. The first kappa shape index (κ1) is 12.7. The number of hydrogen-bond acceptors (Lipinski definition) is 1. The van der Waals surface area contributed by atoms with Crippen molar-refractivity contribution in [2.45, 2.75) is 13.0 Å². The van der Waals surface area contributed by atoms with Gasteiger partial charge in [0.2, 0.25) is 0 Å². The Hall–Kier alpha value is -2.35. The van der Waals surface area contributed by atoms with Crippen LogP contribution in [0.1, 0.15) is 18.5 Å². The van der Waals surface area contributed by atoms with E-state index >= 15 is 0 Å². The second kappa shape index (κ2) is 5.33. The van der Waals surface area contributed by atoms with Crippen LogP contribution >= 0.6 is 0 Å². The SMILES string of the molecule is CC(Nc1cccc2ccccc12)c1cccc(F)c1. The van der Waals surface area contributed by atoms with Gasteiger partial charge in [-0.15, -0.1) is 0 Å². The summed E-state index contributed by atoms with van der Waals surface area (Å²) in [4.78, 5) is 0. The highest BCUT2D eigenvalue weighted by atomic mass is 19.1. The molecule has 0 fully saturated rings. The van der Waals surface area contributed by atoms with E-state index < -0.39 is 0 Å². The van der Waals surface area contributed by atoms with Gasteiger partial charge in [0, 0.05) is 17.1 Å². The van der Waals surface area contributed by atoms with Crippen LogP contribution in [-0.2, 0) is 0 Å². The summed E-state index contributed by atoms with van der Waals surface area (Å²) in [5, 5.41) is 5.84. The van der Waals surface area contributed by atoms with Gasteiger partial charge in [-0.05, 0) is 36.1 Å². The van der Waals surface area contributed by atoms with Crippen molar-refractivity contribution < 1.29 is 4.39 Å². The van der Waals surface area contributed by atoms with E-state index in [1.54, 1.807) is 12.1 Å². The minimum absolute atomic E-state index is 0.0523. The Morgan fingerprint density at radius 2 is 1.65 bits per heavy atom. The molecule has 0 bridgehead atoms. The molecule has 0 aliphatic heterocycles. The van der Waals surface area contributed by atoms with Gasteiger partial charge in [0.15, 0.2) is 0 Å². The molecule has 0 saturated heterocycles. The van der Waals surface area contributed by atoms with Gasteiger partial charge in [-0.1, -0.05) is 48.5 Å². The van der Waals surface area contributed by atoms with E-state index in [2.05, 4.69) is 29.6 Å². The zero-order valence-corrected chi connectivity index (χ0v) is 11.3. The summed E-state index contributed by atoms with van der Waals surface area (Å²) in [6.07, 6.45) is 0. The minimum Gasteiger partial charge on any atom is -0.378 e. The zero-order chi connectivity index (χ0) is 13.9. The number of nitrogens with one attached hydrogen (secondary N) is 1. The van der Waals surface area contributed by atoms with E-state index in [1.807, 2.05) is 31.2 Å². The molecule has 1 atom stereocenters. The van der Waals surface area contributed by atoms with Crippen LogP contribution in [-0.4, -0.2) is 0 Å². The third-order valence-corrected chi connectivity index (χ3v) is 3.51. The van der Waals surface area contributed by atoms with Crippen molar-refractivity contribution in [3.05, 3.63) is 78.1 Å². The van der Waals surface area contributed by atoms with Crippen LogP contribution in [0.3, 0.4) is 0 Å². The van der Waals surface area contributed by atoms with Crippen molar-refractivity contribution in [2.24, 2.45) is 0 Å². The molecule has 100 valence electrons. The summed E-state index contributed by atoms with van der Waals surface area (Å²) in [5.41, 5.74) is 2.01. The molecule has 3 aromatic carbocycles. The minimum atomic E-state index is -0.200. The highest BCUT2D eigenvalue weighted by Gasteiger charge is 2.08. The maximum atomic E-state index is 13.3. The molecule has 3 aromatic rings. The van der Waals surface area contributed by atoms with Crippen LogP contribution in [0.15, 0.2) is 66.7 Å². The van der Waals surface area contributed by atoms with Crippen LogP contribution in [0.25, 0.3) is 10.8 Å². The Bertz CT molecular complexity index is 731. The van der Waals surface area contributed by atoms with Gasteiger partial charge in [-0.25, -0.2) is 4.39 Å². The van der Waals surface area contributed by atoms with Gasteiger partial charge in [-0.2, -0.15) is 0 Å². The number of halogens is 1. The summed E-state index contributed by atoms with van der Waals surface area (Å²) in [6, 6.07) is 21.2. The molecule has 0 aliphatic carbocycles. The molecule has 1 unspecified atom stereocenters. The first-order chi connectivity index (χ1) is 9.74. The van der Waals surface area contributed by atoms with Crippen LogP contribution in [0.5, 0.6) is 0 Å². The third kappa shape index (κ3) is 2.50. The van der Waals surface area contributed by atoms with Crippen LogP contribution < -0.4 is 5.32 Å². The number of rotatable bonds is 3. The first-order valence-corrected chi connectivity index (χ1v) is 6.74. The smallest absolute Gasteiger partial charge is 0.123 e. The van der Waals surface area contributed by atoms with E-state index in [4.69, 9.17) is 0 Å². The summed E-state index contributed by atoms with van der Waals surface area (Å²) in [7, 11) is 0. The van der Waals surface area contributed by atoms with E-state index in [1.165, 1.54) is 16.8 Å². The Kier molecular flexibility index (Phi) is 3.38. The summed E-state index contributed by atoms with van der Waals surface area (Å²) < 4.78 is 13.3. The van der Waals surface area contributed by atoms with Gasteiger partial charge < -0.3 is 5.32 Å². The molecule has 0 aromatic heterocycles. The first-order valence-electron chi connectivity index (χ1n) is 6.74. The van der Waals surface area contributed by atoms with Crippen LogP contribution in [0.2, 0.25) is 0 Å². The highest BCUT2D eigenvalue weighted by molar-refractivity contribution is 5.93. The summed E-state index contributed by atoms with van der Waals surface area (Å²) >= 11 is 0. The van der Waals surface area contributed by atoms with Gasteiger partial charge in [-0.3, -0.25) is 0 Å². The normalized spacial score (nSPS) is 12.3. The van der Waals surface area contributed by atoms with E-state index in [0.29, 0.717) is 0 Å². The Balaban J connectivity index is 1.93. The Morgan fingerprint density at radius 3 is 2.50 bits per heavy atom. The number of fused-ring (bicyclic) bond motifs is 1. The maximum Gasteiger partial charge on any atom is 0.123 e. The predicted molar refractivity (Wildman–Crippen MR) is 82.4 cm³/mol. The lowest BCUT2D eigenvalue weighted by atomic mass is 10.1. The topological polar surface area (TPSA) is 12.0 Å². The number of anilines is 1. The molecule has 2 heteroatoms. The standard InChI is InChI=1S/C18H16FN/c1-13(15-8-4-9-16(19)12-15)20-18-11-5-7-14-6-2-3-10-17(14)18/h2-13,20H,1H3. The van der Waals surface area contributed by atoms with Gasteiger partial charge in [0.25, 0.3) is 0 Å². The van der Waals surface area contributed by atoms with Crippen molar-refractivity contribution in [3.8, 4) is 0 Å². The average molecular weight is 265 g/mol. The molecule has 0 radical (unpaired) electrons. The lowest BCUT2D eigenvalue weighted by Gasteiger charge is -2.17. The zero-order valence-electron chi connectivity index (χ0n) is 11.3. The monoisotopic (exact) mass is 265 g/mol. The average Bonchev–Trinajstić information content (AvgIpc) is 2.47. The molecule has 0 saturated carbocycles. The van der Waals surface area contributed by atoms with Crippen molar-refractivity contribution in [1.82, 2.24) is 0 Å². The molecular formula is C18H16FN. The largest absolute Gasteiger partial charge is 0.378 e. The summed E-state index contributed by atoms with van der Waals surface area (Å²) in [6.45, 7) is 2.04. The van der Waals surface area contributed by atoms with Crippen molar-refractivity contribution in [2.75, 3.05) is 5.32 Å². The molecule has 0 heterocycles. The molecular weight excluding hydrogens is 249 g/mol. The fraction of sp³-hybridized carbons (Fsp3) is 0.111. The molecule has 0 spiro atoms. The van der Waals surface area contributed by atoms with E-state index in [-0.39, 0.29) is 11.9 Å². The van der Waals surface area contributed by atoms with Crippen molar-refractivity contribution in [1.29, 1.82) is 0 Å². The maximum absolute atomic E-state index is 13.3. The molecule has 20 heavy (non-hydrogen) atoms. The molecule has 0 aliphatic rings. The second-order valence-corrected chi connectivity index (χ2v) is 4.95. The lowest BCUT2D eigenvalue weighted by Crippen LogP contribution is -2.07. The van der Waals surface area contributed by atoms with Gasteiger partial charge in [0.05, 0.1) is 0 Å². The van der Waals surface area contributed by atoms with Crippen molar-refractivity contribution in [3.63, 3.8) is 0 Å². The quantitative estimate of drug-likeness (QED) is 0.690. The Labute approximate surface area is 118 Å².